The molecule has 0 saturated heterocycles. The average molecular weight is 390 g/mol. The molecule has 1 fully saturated rings. The number of rotatable bonds is 6. The van der Waals surface area contributed by atoms with E-state index >= 15 is 0 Å². The van der Waals surface area contributed by atoms with Gasteiger partial charge in [-0.2, -0.15) is 0 Å². The Labute approximate surface area is 163 Å². The van der Waals surface area contributed by atoms with E-state index in [9.17, 15) is 8.42 Å². The maximum atomic E-state index is 12.3. The van der Waals surface area contributed by atoms with Crippen LogP contribution in [-0.2, 0) is 16.6 Å². The number of aromatic nitrogens is 1. The van der Waals surface area contributed by atoms with Gasteiger partial charge in [-0.25, -0.2) is 13.1 Å². The van der Waals surface area contributed by atoms with Crippen LogP contribution in [0.3, 0.4) is 0 Å². The number of nitrogens with zero attached hydrogens (tertiary/aromatic N) is 1. The van der Waals surface area contributed by atoms with Gasteiger partial charge >= 0.3 is 0 Å². The van der Waals surface area contributed by atoms with E-state index in [1.807, 2.05) is 18.2 Å². The Morgan fingerprint density at radius 1 is 1.04 bits per heavy atom. The Hall–Kier alpha value is -1.50. The minimum atomic E-state index is -3.26. The predicted molar refractivity (Wildman–Crippen MR) is 111 cm³/mol. The highest BCUT2D eigenvalue weighted by molar-refractivity contribution is 7.90. The molecule has 27 heavy (non-hydrogen) atoms. The molecule has 0 spiro atoms. The number of nitrogens with one attached hydrogen (secondary N) is 2. The van der Waals surface area contributed by atoms with E-state index in [4.69, 9.17) is 4.98 Å². The van der Waals surface area contributed by atoms with Crippen LogP contribution in [0, 0.1) is 5.92 Å². The van der Waals surface area contributed by atoms with Crippen LogP contribution in [0.4, 0.5) is 0 Å². The van der Waals surface area contributed by atoms with Crippen LogP contribution in [-0.4, -0.2) is 30.7 Å². The van der Waals surface area contributed by atoms with Gasteiger partial charge in [-0.3, -0.25) is 4.98 Å². The molecule has 2 aromatic rings. The Kier molecular flexibility index (Phi) is 6.18. The lowest BCUT2D eigenvalue weighted by molar-refractivity contribution is 0.301. The highest BCUT2D eigenvalue weighted by Crippen LogP contribution is 2.26. The second kappa shape index (κ2) is 8.25. The van der Waals surface area contributed by atoms with Gasteiger partial charge in [-0.15, -0.1) is 0 Å². The predicted octanol–water partition coefficient (Wildman–Crippen LogP) is 3.60. The fourth-order valence-corrected chi connectivity index (χ4v) is 4.52. The molecule has 0 bridgehead atoms. The first-order valence-electron chi connectivity index (χ1n) is 9.82. The van der Waals surface area contributed by atoms with Crippen LogP contribution < -0.4 is 10.0 Å². The molecule has 0 radical (unpaired) electrons. The highest BCUT2D eigenvalue weighted by atomic mass is 32.2. The molecule has 5 nitrogen and oxygen atoms in total. The van der Waals surface area contributed by atoms with E-state index in [-0.39, 0.29) is 6.04 Å². The first-order chi connectivity index (χ1) is 12.7. The molecule has 1 saturated carbocycles. The molecule has 3 rings (SSSR count). The van der Waals surface area contributed by atoms with Crippen molar-refractivity contribution in [2.75, 3.05) is 6.54 Å². The normalized spacial score (nSPS) is 21.4. The molecule has 148 valence electrons. The molecule has 2 N–H and O–H groups in total. The van der Waals surface area contributed by atoms with Gasteiger partial charge in [-0.1, -0.05) is 24.3 Å². The van der Waals surface area contributed by atoms with E-state index in [1.165, 1.54) is 0 Å². The summed E-state index contributed by atoms with van der Waals surface area (Å²) >= 11 is 0. The summed E-state index contributed by atoms with van der Waals surface area (Å²) in [5.41, 5.74) is 2.09. The van der Waals surface area contributed by atoms with E-state index in [1.54, 1.807) is 20.8 Å². The lowest BCUT2D eigenvalue weighted by Gasteiger charge is -2.31. The Morgan fingerprint density at radius 2 is 1.74 bits per heavy atom. The second-order valence-electron chi connectivity index (χ2n) is 8.58. The number of fused-ring (bicyclic) bond motifs is 1. The number of sulfonamides is 1. The van der Waals surface area contributed by atoms with Crippen molar-refractivity contribution in [1.29, 1.82) is 0 Å². The van der Waals surface area contributed by atoms with Crippen LogP contribution in [0.25, 0.3) is 10.9 Å². The van der Waals surface area contributed by atoms with Crippen LogP contribution >= 0.6 is 0 Å². The minimum absolute atomic E-state index is 0.0765. The summed E-state index contributed by atoms with van der Waals surface area (Å²) in [5.74, 6) is 0.598. The van der Waals surface area contributed by atoms with Crippen molar-refractivity contribution < 1.29 is 8.42 Å². The third kappa shape index (κ3) is 5.27. The number of hydrogen-bond acceptors (Lipinski definition) is 4. The lowest BCUT2D eigenvalue weighted by Crippen LogP contribution is -2.46. The number of hydrogen-bond donors (Lipinski definition) is 2. The first kappa shape index (κ1) is 20.2. The van der Waals surface area contributed by atoms with Gasteiger partial charge in [-0.05, 0) is 71.0 Å². The van der Waals surface area contributed by atoms with Gasteiger partial charge in [0.05, 0.1) is 16.0 Å². The molecule has 1 aromatic heterocycles. The van der Waals surface area contributed by atoms with Crippen LogP contribution in [0.1, 0.15) is 52.1 Å². The standard InChI is InChI=1S/C21H31N3O2S/c1-21(2,3)27(25,26)24-18-11-8-16(9-12-18)14-22-15-19-13-10-17-6-4-5-7-20(17)23-19/h4-7,10,13,16,18,22,24H,8-9,11-12,14-15H2,1-3H3. The Balaban J connectivity index is 1.43. The van der Waals surface area contributed by atoms with E-state index in [0.29, 0.717) is 5.92 Å². The summed E-state index contributed by atoms with van der Waals surface area (Å²) < 4.78 is 26.7. The third-order valence-corrected chi connectivity index (χ3v) is 7.63. The average Bonchev–Trinajstić information content (AvgIpc) is 2.62. The molecule has 6 heteroatoms. The van der Waals surface area contributed by atoms with Gasteiger partial charge in [0.15, 0.2) is 0 Å². The molecule has 1 heterocycles. The zero-order valence-corrected chi connectivity index (χ0v) is 17.3. The topological polar surface area (TPSA) is 71.1 Å². The highest BCUT2D eigenvalue weighted by Gasteiger charge is 2.32. The zero-order valence-electron chi connectivity index (χ0n) is 16.5. The van der Waals surface area contributed by atoms with Crippen LogP contribution in [0.2, 0.25) is 0 Å². The fourth-order valence-electron chi connectivity index (χ4n) is 3.49. The summed E-state index contributed by atoms with van der Waals surface area (Å²) in [4.78, 5) is 4.69. The summed E-state index contributed by atoms with van der Waals surface area (Å²) in [6, 6.07) is 12.4. The summed E-state index contributed by atoms with van der Waals surface area (Å²) in [6.45, 7) is 6.94. The van der Waals surface area contributed by atoms with Crippen molar-refractivity contribution >= 4 is 20.9 Å². The van der Waals surface area contributed by atoms with Crippen molar-refractivity contribution in [3.63, 3.8) is 0 Å². The molecule has 1 aliphatic rings. The maximum absolute atomic E-state index is 12.3. The maximum Gasteiger partial charge on any atom is 0.216 e. The summed E-state index contributed by atoms with van der Waals surface area (Å²) in [7, 11) is -3.26. The second-order valence-corrected chi connectivity index (χ2v) is 11.0. The third-order valence-electron chi connectivity index (χ3n) is 5.37. The van der Waals surface area contributed by atoms with Crippen molar-refractivity contribution in [3.05, 3.63) is 42.1 Å². The van der Waals surface area contributed by atoms with E-state index in [0.717, 1.165) is 55.4 Å². The molecule has 0 atom stereocenters. The minimum Gasteiger partial charge on any atom is -0.311 e. The number of para-hydroxylation sites is 1. The number of pyridine rings is 1. The quantitative estimate of drug-likeness (QED) is 0.792. The van der Waals surface area contributed by atoms with Gasteiger partial charge in [0.1, 0.15) is 0 Å². The Morgan fingerprint density at radius 3 is 2.44 bits per heavy atom. The monoisotopic (exact) mass is 389 g/mol. The molecule has 1 aliphatic carbocycles. The van der Waals surface area contributed by atoms with Crippen molar-refractivity contribution in [3.8, 4) is 0 Å². The SMILES string of the molecule is CC(C)(C)S(=O)(=O)NC1CCC(CNCc2ccc3ccccc3n2)CC1. The van der Waals surface area contributed by atoms with Gasteiger partial charge in [0.2, 0.25) is 10.0 Å². The summed E-state index contributed by atoms with van der Waals surface area (Å²) in [6.07, 6.45) is 3.93. The van der Waals surface area contributed by atoms with E-state index in [2.05, 4.69) is 28.2 Å². The summed E-state index contributed by atoms with van der Waals surface area (Å²) in [5, 5.41) is 4.69. The molecule has 0 amide bonds. The first-order valence-corrected chi connectivity index (χ1v) is 11.3. The number of benzene rings is 1. The van der Waals surface area contributed by atoms with Crippen molar-refractivity contribution in [2.45, 2.75) is 63.8 Å². The van der Waals surface area contributed by atoms with E-state index < -0.39 is 14.8 Å². The van der Waals surface area contributed by atoms with Crippen molar-refractivity contribution in [2.24, 2.45) is 5.92 Å². The zero-order chi connectivity index (χ0) is 19.5. The van der Waals surface area contributed by atoms with Gasteiger partial charge in [0.25, 0.3) is 0 Å². The van der Waals surface area contributed by atoms with Crippen molar-refractivity contribution in [1.82, 2.24) is 15.0 Å². The molecule has 1 aromatic carbocycles. The fraction of sp³-hybridized carbons (Fsp3) is 0.571. The molecule has 0 aliphatic heterocycles. The van der Waals surface area contributed by atoms with Gasteiger partial charge in [0, 0.05) is 18.0 Å². The lowest BCUT2D eigenvalue weighted by atomic mass is 9.86. The molecular formula is C21H31N3O2S. The van der Waals surface area contributed by atoms with Crippen LogP contribution in [0.5, 0.6) is 0 Å². The molecular weight excluding hydrogens is 358 g/mol. The smallest absolute Gasteiger partial charge is 0.216 e. The van der Waals surface area contributed by atoms with Gasteiger partial charge < -0.3 is 5.32 Å². The Bertz CT molecular complexity index is 866. The molecule has 0 unspecified atom stereocenters. The largest absolute Gasteiger partial charge is 0.311 e. The van der Waals surface area contributed by atoms with Crippen LogP contribution in [0.15, 0.2) is 36.4 Å².